The quantitative estimate of drug-likeness (QED) is 0.824. The number of Topliss-reactive ketones (excluding diaryl/α,β-unsaturated/α-hetero) is 1. The van der Waals surface area contributed by atoms with E-state index in [4.69, 9.17) is 4.74 Å². The van der Waals surface area contributed by atoms with E-state index in [1.807, 2.05) is 24.3 Å². The van der Waals surface area contributed by atoms with Crippen LogP contribution < -0.4 is 0 Å². The van der Waals surface area contributed by atoms with Gasteiger partial charge in [0.05, 0.1) is 12.4 Å². The molecule has 2 rings (SSSR count). The van der Waals surface area contributed by atoms with Gasteiger partial charge in [0.15, 0.2) is 5.78 Å². The molecule has 0 spiro atoms. The molecule has 0 aliphatic carbocycles. The van der Waals surface area contributed by atoms with E-state index in [-0.39, 0.29) is 18.0 Å². The van der Waals surface area contributed by atoms with Crippen LogP contribution in [0.15, 0.2) is 24.3 Å². The molecule has 1 aliphatic rings. The Morgan fingerprint density at radius 2 is 2.11 bits per heavy atom. The Morgan fingerprint density at radius 1 is 1.37 bits per heavy atom. The summed E-state index contributed by atoms with van der Waals surface area (Å²) in [5.41, 5.74) is 2.08. The number of hydrogen-bond acceptors (Lipinski definition) is 4. The minimum Gasteiger partial charge on any atom is -0.365 e. The van der Waals surface area contributed by atoms with Crippen LogP contribution in [0.25, 0.3) is 0 Å². The number of ketones is 1. The maximum Gasteiger partial charge on any atom is 0.166 e. The summed E-state index contributed by atoms with van der Waals surface area (Å²) < 4.78 is 27.6. The summed E-state index contributed by atoms with van der Waals surface area (Å²) in [6.07, 6.45) is 2.09. The molecule has 104 valence electrons. The largest absolute Gasteiger partial charge is 0.365 e. The summed E-state index contributed by atoms with van der Waals surface area (Å²) >= 11 is 0. The Kier molecular flexibility index (Phi) is 4.37. The first-order chi connectivity index (χ1) is 8.97. The van der Waals surface area contributed by atoms with Crippen LogP contribution in [0.4, 0.5) is 0 Å². The maximum absolute atomic E-state index is 12.1. The average Bonchev–Trinajstić information content (AvgIpc) is 2.36. The zero-order chi connectivity index (χ0) is 13.9. The third-order valence-corrected chi connectivity index (χ3v) is 4.25. The van der Waals surface area contributed by atoms with Crippen molar-refractivity contribution in [1.29, 1.82) is 0 Å². The third-order valence-electron chi connectivity index (χ3n) is 3.22. The lowest BCUT2D eigenvalue weighted by Gasteiger charge is -2.24. The van der Waals surface area contributed by atoms with Crippen LogP contribution in [0.3, 0.4) is 0 Å². The van der Waals surface area contributed by atoms with Crippen LogP contribution in [0.1, 0.15) is 30.1 Å². The molecule has 4 nitrogen and oxygen atoms in total. The molecule has 0 saturated carbocycles. The number of carbonyl (C=O) groups is 1. The van der Waals surface area contributed by atoms with Gasteiger partial charge in [0.1, 0.15) is 15.9 Å². The molecule has 0 amide bonds. The van der Waals surface area contributed by atoms with Crippen molar-refractivity contribution >= 4 is 15.6 Å². The summed E-state index contributed by atoms with van der Waals surface area (Å²) in [5.74, 6) is 0.0171. The van der Waals surface area contributed by atoms with Gasteiger partial charge in [-0.25, -0.2) is 8.42 Å². The van der Waals surface area contributed by atoms with Crippen LogP contribution in [0.5, 0.6) is 0 Å². The standard InChI is InChI=1S/C14H18O4S/c1-19(16,17)10-4-7-13(15)14-12-6-3-2-5-11(12)8-9-18-14/h2-3,5-6,14H,4,7-10H2,1H3. The molecule has 1 aromatic rings. The van der Waals surface area contributed by atoms with Crippen LogP contribution in [0.2, 0.25) is 0 Å². The van der Waals surface area contributed by atoms with Gasteiger partial charge in [-0.1, -0.05) is 24.3 Å². The lowest BCUT2D eigenvalue weighted by atomic mass is 9.94. The summed E-state index contributed by atoms with van der Waals surface area (Å²) in [5, 5.41) is 0. The van der Waals surface area contributed by atoms with Crippen LogP contribution in [-0.4, -0.2) is 32.8 Å². The monoisotopic (exact) mass is 282 g/mol. The fourth-order valence-electron chi connectivity index (χ4n) is 2.30. The summed E-state index contributed by atoms with van der Waals surface area (Å²) in [6.45, 7) is 0.541. The SMILES string of the molecule is CS(=O)(=O)CCCC(=O)C1OCCc2ccccc21. The van der Waals surface area contributed by atoms with Crippen LogP contribution in [0, 0.1) is 0 Å². The number of carbonyl (C=O) groups excluding carboxylic acids is 1. The molecular formula is C14H18O4S. The average molecular weight is 282 g/mol. The zero-order valence-corrected chi connectivity index (χ0v) is 11.8. The van der Waals surface area contributed by atoms with Gasteiger partial charge in [-0.3, -0.25) is 4.79 Å². The molecule has 1 unspecified atom stereocenters. The highest BCUT2D eigenvalue weighted by Crippen LogP contribution is 2.28. The minimum atomic E-state index is -3.00. The second-order valence-corrected chi connectivity index (χ2v) is 7.16. The molecular weight excluding hydrogens is 264 g/mol. The number of hydrogen-bond donors (Lipinski definition) is 0. The van der Waals surface area contributed by atoms with Gasteiger partial charge >= 0.3 is 0 Å². The smallest absolute Gasteiger partial charge is 0.166 e. The second kappa shape index (κ2) is 5.84. The van der Waals surface area contributed by atoms with Gasteiger partial charge in [-0.2, -0.15) is 0 Å². The maximum atomic E-state index is 12.1. The van der Waals surface area contributed by atoms with Gasteiger partial charge in [0.2, 0.25) is 0 Å². The molecule has 0 fully saturated rings. The first-order valence-corrected chi connectivity index (χ1v) is 8.43. The first kappa shape index (κ1) is 14.2. The van der Waals surface area contributed by atoms with Crippen molar-refractivity contribution in [2.45, 2.75) is 25.4 Å². The van der Waals surface area contributed by atoms with Crippen molar-refractivity contribution in [3.05, 3.63) is 35.4 Å². The van der Waals surface area contributed by atoms with E-state index in [0.717, 1.165) is 17.5 Å². The molecule has 19 heavy (non-hydrogen) atoms. The van der Waals surface area contributed by atoms with Gasteiger partial charge < -0.3 is 4.74 Å². The lowest BCUT2D eigenvalue weighted by Crippen LogP contribution is -2.23. The van der Waals surface area contributed by atoms with Crippen molar-refractivity contribution in [2.75, 3.05) is 18.6 Å². The molecule has 0 aromatic heterocycles. The molecule has 0 N–H and O–H groups in total. The third kappa shape index (κ3) is 3.88. The normalized spacial score (nSPS) is 18.9. The summed E-state index contributed by atoms with van der Waals surface area (Å²) in [6, 6.07) is 7.77. The lowest BCUT2D eigenvalue weighted by molar-refractivity contribution is -0.131. The van der Waals surface area contributed by atoms with Gasteiger partial charge in [0.25, 0.3) is 0 Å². The van der Waals surface area contributed by atoms with E-state index < -0.39 is 15.9 Å². The highest BCUT2D eigenvalue weighted by Gasteiger charge is 2.26. The van der Waals surface area contributed by atoms with Crippen molar-refractivity contribution in [3.8, 4) is 0 Å². The number of sulfone groups is 1. The molecule has 1 atom stereocenters. The topological polar surface area (TPSA) is 60.4 Å². The Morgan fingerprint density at radius 3 is 2.84 bits per heavy atom. The van der Waals surface area contributed by atoms with E-state index in [1.165, 1.54) is 6.26 Å². The fourth-order valence-corrected chi connectivity index (χ4v) is 2.97. The molecule has 0 saturated heterocycles. The van der Waals surface area contributed by atoms with Gasteiger partial charge in [-0.15, -0.1) is 0 Å². The highest BCUT2D eigenvalue weighted by atomic mass is 32.2. The first-order valence-electron chi connectivity index (χ1n) is 6.37. The molecule has 0 radical (unpaired) electrons. The predicted octanol–water partition coefficient (Wildman–Crippen LogP) is 1.69. The zero-order valence-electron chi connectivity index (χ0n) is 11.0. The van der Waals surface area contributed by atoms with Crippen molar-refractivity contribution in [3.63, 3.8) is 0 Å². The number of rotatable bonds is 5. The summed E-state index contributed by atoms with van der Waals surface area (Å²) in [7, 11) is -3.00. The van der Waals surface area contributed by atoms with Gasteiger partial charge in [0, 0.05) is 12.7 Å². The Balaban J connectivity index is 2.01. The molecule has 1 heterocycles. The second-order valence-electron chi connectivity index (χ2n) is 4.90. The molecule has 5 heteroatoms. The van der Waals surface area contributed by atoms with E-state index in [0.29, 0.717) is 13.0 Å². The van der Waals surface area contributed by atoms with Crippen molar-refractivity contribution in [1.82, 2.24) is 0 Å². The number of fused-ring (bicyclic) bond motifs is 1. The van der Waals surface area contributed by atoms with E-state index in [1.54, 1.807) is 0 Å². The Bertz CT molecular complexity index is 563. The van der Waals surface area contributed by atoms with Crippen LogP contribution >= 0.6 is 0 Å². The van der Waals surface area contributed by atoms with Crippen molar-refractivity contribution in [2.24, 2.45) is 0 Å². The Labute approximate surface area is 113 Å². The van der Waals surface area contributed by atoms with E-state index in [9.17, 15) is 13.2 Å². The predicted molar refractivity (Wildman–Crippen MR) is 72.8 cm³/mol. The fraction of sp³-hybridized carbons (Fsp3) is 0.500. The van der Waals surface area contributed by atoms with Crippen molar-refractivity contribution < 1.29 is 17.9 Å². The highest BCUT2D eigenvalue weighted by molar-refractivity contribution is 7.90. The number of ether oxygens (including phenoxy) is 1. The minimum absolute atomic E-state index is 0.0317. The van der Waals surface area contributed by atoms with E-state index >= 15 is 0 Å². The molecule has 1 aromatic carbocycles. The summed E-state index contributed by atoms with van der Waals surface area (Å²) in [4.78, 5) is 12.1. The molecule has 1 aliphatic heterocycles. The Hall–Kier alpha value is -1.20. The number of benzene rings is 1. The van der Waals surface area contributed by atoms with E-state index in [2.05, 4.69) is 0 Å². The van der Waals surface area contributed by atoms with Crippen LogP contribution in [-0.2, 0) is 25.8 Å². The molecule has 0 bridgehead atoms. The van der Waals surface area contributed by atoms with Gasteiger partial charge in [-0.05, 0) is 24.0 Å².